The van der Waals surface area contributed by atoms with Gasteiger partial charge in [0.1, 0.15) is 5.52 Å². The Kier molecular flexibility index (Phi) is 4.42. The van der Waals surface area contributed by atoms with Gasteiger partial charge in [0.15, 0.2) is 11.5 Å². The predicted octanol–water partition coefficient (Wildman–Crippen LogP) is 5.58. The van der Waals surface area contributed by atoms with Crippen LogP contribution in [0.5, 0.6) is 0 Å². The minimum atomic E-state index is -0.178. The number of aromatic nitrogens is 3. The Balaban J connectivity index is 1.44. The zero-order chi connectivity index (χ0) is 20.8. The van der Waals surface area contributed by atoms with Crippen molar-refractivity contribution in [2.75, 3.05) is 5.32 Å². The molecule has 0 atom stereocenters. The van der Waals surface area contributed by atoms with E-state index in [-0.39, 0.29) is 11.8 Å². The molecule has 0 aliphatic heterocycles. The molecule has 1 saturated carbocycles. The Hall–Kier alpha value is -3.41. The Morgan fingerprint density at radius 3 is 2.63 bits per heavy atom. The summed E-state index contributed by atoms with van der Waals surface area (Å²) in [4.78, 5) is 17.7. The molecule has 30 heavy (non-hydrogen) atoms. The summed E-state index contributed by atoms with van der Waals surface area (Å²) in [6.07, 6.45) is 3.92. The molecule has 6 nitrogen and oxygen atoms in total. The number of benzene rings is 2. The standard InChI is InChI=1S/C24H24N4O2/c1-14(2)22-19(13-25-28(22)18-9-4-15(3)5-10-18)23(29)26-17-8-11-21-20(12-17)27-24(30-21)16-6-7-16/h4-5,8-14,16H,6-7H2,1-3H3,(H,26,29). The topological polar surface area (TPSA) is 73.0 Å². The maximum atomic E-state index is 13.1. The van der Waals surface area contributed by atoms with Crippen molar-refractivity contribution in [2.45, 2.75) is 45.4 Å². The average molecular weight is 400 g/mol. The molecule has 0 unspecified atom stereocenters. The lowest BCUT2D eigenvalue weighted by atomic mass is 10.0. The summed E-state index contributed by atoms with van der Waals surface area (Å²) in [5.74, 6) is 1.21. The van der Waals surface area contributed by atoms with E-state index >= 15 is 0 Å². The monoisotopic (exact) mass is 400 g/mol. The van der Waals surface area contributed by atoms with E-state index in [9.17, 15) is 4.79 Å². The van der Waals surface area contributed by atoms with Crippen molar-refractivity contribution in [3.05, 3.63) is 71.4 Å². The maximum Gasteiger partial charge on any atom is 0.259 e. The number of nitrogens with one attached hydrogen (secondary N) is 1. The van der Waals surface area contributed by atoms with Crippen molar-refractivity contribution in [3.63, 3.8) is 0 Å². The van der Waals surface area contributed by atoms with Crippen LogP contribution in [0.2, 0.25) is 0 Å². The van der Waals surface area contributed by atoms with E-state index < -0.39 is 0 Å². The third-order valence-electron chi connectivity index (χ3n) is 5.47. The smallest absolute Gasteiger partial charge is 0.259 e. The third-order valence-corrected chi connectivity index (χ3v) is 5.47. The zero-order valence-corrected chi connectivity index (χ0v) is 17.3. The lowest BCUT2D eigenvalue weighted by Gasteiger charge is -2.13. The summed E-state index contributed by atoms with van der Waals surface area (Å²) in [5.41, 5.74) is 5.81. The van der Waals surface area contributed by atoms with Gasteiger partial charge in [-0.15, -0.1) is 0 Å². The Labute approximate surface area is 174 Å². The molecule has 0 spiro atoms. The Morgan fingerprint density at radius 2 is 1.93 bits per heavy atom. The number of anilines is 1. The van der Waals surface area contributed by atoms with Gasteiger partial charge in [0.2, 0.25) is 0 Å². The van der Waals surface area contributed by atoms with Gasteiger partial charge in [0.25, 0.3) is 5.91 Å². The first kappa shape index (κ1) is 18.6. The van der Waals surface area contributed by atoms with Crippen LogP contribution in [0.25, 0.3) is 16.8 Å². The second-order valence-electron chi connectivity index (χ2n) is 8.31. The molecule has 6 heteroatoms. The molecule has 0 radical (unpaired) electrons. The summed E-state index contributed by atoms with van der Waals surface area (Å²) in [6.45, 7) is 6.19. The number of fused-ring (bicyclic) bond motifs is 1. The summed E-state index contributed by atoms with van der Waals surface area (Å²) < 4.78 is 7.66. The van der Waals surface area contributed by atoms with Gasteiger partial charge < -0.3 is 9.73 Å². The van der Waals surface area contributed by atoms with Gasteiger partial charge in [-0.1, -0.05) is 31.5 Å². The van der Waals surface area contributed by atoms with Gasteiger partial charge in [-0.05, 0) is 56.0 Å². The molecule has 0 bridgehead atoms. The van der Waals surface area contributed by atoms with Crippen LogP contribution in [0.1, 0.15) is 66.0 Å². The molecule has 2 heterocycles. The van der Waals surface area contributed by atoms with Crippen molar-refractivity contribution in [3.8, 4) is 5.69 Å². The van der Waals surface area contributed by atoms with Crippen LogP contribution in [0, 0.1) is 6.92 Å². The van der Waals surface area contributed by atoms with Gasteiger partial charge in [0, 0.05) is 11.6 Å². The molecule has 2 aromatic carbocycles. The molecular weight excluding hydrogens is 376 g/mol. The normalized spacial score (nSPS) is 13.9. The Morgan fingerprint density at radius 1 is 1.17 bits per heavy atom. The molecule has 0 saturated heterocycles. The molecule has 5 rings (SSSR count). The number of carbonyl (C=O) groups is 1. The maximum absolute atomic E-state index is 13.1. The van der Waals surface area contributed by atoms with E-state index in [2.05, 4.69) is 36.2 Å². The predicted molar refractivity (Wildman–Crippen MR) is 116 cm³/mol. The molecule has 4 aromatic rings. The van der Waals surface area contributed by atoms with Gasteiger partial charge >= 0.3 is 0 Å². The number of rotatable bonds is 5. The minimum absolute atomic E-state index is 0.133. The highest BCUT2D eigenvalue weighted by atomic mass is 16.3. The van der Waals surface area contributed by atoms with Crippen molar-refractivity contribution < 1.29 is 9.21 Å². The van der Waals surface area contributed by atoms with Crippen LogP contribution in [-0.2, 0) is 0 Å². The van der Waals surface area contributed by atoms with Gasteiger partial charge in [-0.25, -0.2) is 9.67 Å². The number of nitrogens with zero attached hydrogens (tertiary/aromatic N) is 3. The van der Waals surface area contributed by atoms with Crippen molar-refractivity contribution in [2.24, 2.45) is 0 Å². The largest absolute Gasteiger partial charge is 0.440 e. The first-order valence-electron chi connectivity index (χ1n) is 10.4. The van der Waals surface area contributed by atoms with Crippen molar-refractivity contribution >= 4 is 22.7 Å². The van der Waals surface area contributed by atoms with E-state index in [0.29, 0.717) is 17.2 Å². The molecule has 1 aliphatic carbocycles. The molecule has 1 amide bonds. The fourth-order valence-corrected chi connectivity index (χ4v) is 3.71. The van der Waals surface area contributed by atoms with Crippen LogP contribution in [-0.4, -0.2) is 20.7 Å². The lowest BCUT2D eigenvalue weighted by molar-refractivity contribution is 0.102. The highest BCUT2D eigenvalue weighted by Gasteiger charge is 2.29. The molecule has 1 fully saturated rings. The highest BCUT2D eigenvalue weighted by molar-refractivity contribution is 6.05. The zero-order valence-electron chi connectivity index (χ0n) is 17.3. The van der Waals surface area contributed by atoms with E-state index in [1.54, 1.807) is 6.20 Å². The van der Waals surface area contributed by atoms with Crippen LogP contribution < -0.4 is 5.32 Å². The van der Waals surface area contributed by atoms with E-state index in [1.807, 2.05) is 47.1 Å². The van der Waals surface area contributed by atoms with Crippen LogP contribution >= 0.6 is 0 Å². The third kappa shape index (κ3) is 3.38. The van der Waals surface area contributed by atoms with Crippen molar-refractivity contribution in [1.82, 2.24) is 14.8 Å². The fraction of sp³-hybridized carbons (Fsp3) is 0.292. The molecule has 1 N–H and O–H groups in total. The minimum Gasteiger partial charge on any atom is -0.440 e. The summed E-state index contributed by atoms with van der Waals surface area (Å²) >= 11 is 0. The van der Waals surface area contributed by atoms with Gasteiger partial charge in [-0.3, -0.25) is 4.79 Å². The number of hydrogen-bond donors (Lipinski definition) is 1. The number of amides is 1. The number of oxazole rings is 1. The van der Waals surface area contributed by atoms with Crippen molar-refractivity contribution in [1.29, 1.82) is 0 Å². The quantitative estimate of drug-likeness (QED) is 0.475. The SMILES string of the molecule is Cc1ccc(-n2ncc(C(=O)Nc3ccc4oc(C5CC5)nc4c3)c2C(C)C)cc1. The number of carbonyl (C=O) groups excluding carboxylic acids is 1. The number of aryl methyl sites for hydroxylation is 1. The summed E-state index contributed by atoms with van der Waals surface area (Å²) in [7, 11) is 0. The lowest BCUT2D eigenvalue weighted by Crippen LogP contribution is -2.15. The van der Waals surface area contributed by atoms with E-state index in [4.69, 9.17) is 4.42 Å². The second kappa shape index (κ2) is 7.13. The van der Waals surface area contributed by atoms with Gasteiger partial charge in [-0.2, -0.15) is 5.10 Å². The van der Waals surface area contributed by atoms with Crippen LogP contribution in [0.3, 0.4) is 0 Å². The van der Waals surface area contributed by atoms with Gasteiger partial charge in [0.05, 0.1) is 23.1 Å². The molecule has 1 aliphatic rings. The first-order valence-corrected chi connectivity index (χ1v) is 10.4. The molecular formula is C24H24N4O2. The summed E-state index contributed by atoms with van der Waals surface area (Å²) in [5, 5.41) is 7.51. The summed E-state index contributed by atoms with van der Waals surface area (Å²) in [6, 6.07) is 13.7. The average Bonchev–Trinajstić information content (AvgIpc) is 3.33. The van der Waals surface area contributed by atoms with E-state index in [1.165, 1.54) is 5.56 Å². The van der Waals surface area contributed by atoms with Crippen LogP contribution in [0.4, 0.5) is 5.69 Å². The second-order valence-corrected chi connectivity index (χ2v) is 8.31. The molecule has 2 aromatic heterocycles. The highest BCUT2D eigenvalue weighted by Crippen LogP contribution is 2.40. The number of hydrogen-bond acceptors (Lipinski definition) is 4. The fourth-order valence-electron chi connectivity index (χ4n) is 3.71. The van der Waals surface area contributed by atoms with E-state index in [0.717, 1.165) is 41.2 Å². The van der Waals surface area contributed by atoms with Crippen LogP contribution in [0.15, 0.2) is 53.1 Å². The Bertz CT molecular complexity index is 1230. The first-order chi connectivity index (χ1) is 14.5. The molecule has 152 valence electrons.